The number of hydrogen-bond acceptors (Lipinski definition) is 5. The Morgan fingerprint density at radius 1 is 0.933 bits per heavy atom. The quantitative estimate of drug-likeness (QED) is 0.652. The number of halogens is 2. The average molecular weight is 264 g/mol. The largest absolute Gasteiger partial charge is 0.428 e. The molecule has 0 unspecified atom stereocenters. The van der Waals surface area contributed by atoms with E-state index in [1.165, 1.54) is 0 Å². The smallest absolute Gasteiger partial charge is 0.320 e. The van der Waals surface area contributed by atoms with Crippen molar-refractivity contribution in [2.45, 2.75) is 13.8 Å². The minimum Gasteiger partial charge on any atom is -0.320 e. The van der Waals surface area contributed by atoms with Crippen LogP contribution in [0.5, 0.6) is 0 Å². The van der Waals surface area contributed by atoms with E-state index in [1.807, 2.05) is 0 Å². The van der Waals surface area contributed by atoms with Crippen LogP contribution < -0.4 is 16.3 Å². The standard InChI is InChI=1S/C6H13N3O4.2ClH/c1-3-7-5(10)12-9-13-6(11)8-4-2;;/h9H,3-4H2,1-2H3,(H,7,10)(H,8,11);2*1H. The normalized spacial score (nSPS) is 7.60. The molecule has 0 saturated carbocycles. The Morgan fingerprint density at radius 3 is 1.53 bits per heavy atom. The van der Waals surface area contributed by atoms with Gasteiger partial charge in [-0.3, -0.25) is 0 Å². The monoisotopic (exact) mass is 263 g/mol. The fourth-order valence-electron chi connectivity index (χ4n) is 0.457. The number of carbonyl (C=O) groups is 2. The van der Waals surface area contributed by atoms with Crippen molar-refractivity contribution >= 4 is 37.0 Å². The van der Waals surface area contributed by atoms with E-state index < -0.39 is 12.2 Å². The number of carbonyl (C=O) groups excluding carboxylic acids is 2. The van der Waals surface area contributed by atoms with Crippen LogP contribution in [0.3, 0.4) is 0 Å². The van der Waals surface area contributed by atoms with Crippen LogP contribution in [-0.4, -0.2) is 25.3 Å². The van der Waals surface area contributed by atoms with Gasteiger partial charge < -0.3 is 20.3 Å². The molecule has 7 nitrogen and oxygen atoms in total. The summed E-state index contributed by atoms with van der Waals surface area (Å²) in [7, 11) is 0. The number of hydrogen-bond donors (Lipinski definition) is 3. The summed E-state index contributed by atoms with van der Waals surface area (Å²) in [6, 6.07) is 0. The van der Waals surface area contributed by atoms with Gasteiger partial charge in [0.15, 0.2) is 0 Å². The van der Waals surface area contributed by atoms with Gasteiger partial charge in [-0.25, -0.2) is 9.59 Å². The molecule has 9 heteroatoms. The minimum atomic E-state index is -0.716. The van der Waals surface area contributed by atoms with Gasteiger partial charge in [0.1, 0.15) is 0 Å². The first kappa shape index (κ1) is 19.6. The first-order valence-corrected chi connectivity index (χ1v) is 3.85. The Kier molecular flexibility index (Phi) is 17.1. The summed E-state index contributed by atoms with van der Waals surface area (Å²) in [5, 5.41) is 4.63. The van der Waals surface area contributed by atoms with Gasteiger partial charge in [0.25, 0.3) is 0 Å². The molecule has 0 bridgehead atoms. The summed E-state index contributed by atoms with van der Waals surface area (Å²) in [4.78, 5) is 29.6. The van der Waals surface area contributed by atoms with Crippen molar-refractivity contribution in [2.75, 3.05) is 13.1 Å². The molecule has 0 spiro atoms. The predicted molar refractivity (Wildman–Crippen MR) is 57.9 cm³/mol. The lowest BCUT2D eigenvalue weighted by Crippen LogP contribution is -2.34. The van der Waals surface area contributed by atoms with Crippen LogP contribution in [0.2, 0.25) is 0 Å². The maximum absolute atomic E-state index is 10.6. The van der Waals surface area contributed by atoms with Crippen molar-refractivity contribution in [1.82, 2.24) is 16.3 Å². The molecule has 2 amide bonds. The molecule has 0 fully saturated rings. The van der Waals surface area contributed by atoms with E-state index in [0.717, 1.165) is 0 Å². The topological polar surface area (TPSA) is 88.7 Å². The van der Waals surface area contributed by atoms with Gasteiger partial charge in [0, 0.05) is 18.7 Å². The SMILES string of the molecule is CCNC(=O)ONOC(=O)NCC.Cl.Cl. The Balaban J connectivity index is -0.000000720. The van der Waals surface area contributed by atoms with Crippen molar-refractivity contribution in [3.05, 3.63) is 0 Å². The van der Waals surface area contributed by atoms with Crippen molar-refractivity contribution in [3.63, 3.8) is 0 Å². The number of nitrogens with one attached hydrogen (secondary N) is 3. The molecule has 0 aliphatic carbocycles. The van der Waals surface area contributed by atoms with Gasteiger partial charge in [-0.2, -0.15) is 0 Å². The Bertz CT molecular complexity index is 164. The van der Waals surface area contributed by atoms with Crippen LogP contribution >= 0.6 is 24.8 Å². The fourth-order valence-corrected chi connectivity index (χ4v) is 0.457. The summed E-state index contributed by atoms with van der Waals surface area (Å²) in [6.45, 7) is 4.32. The van der Waals surface area contributed by atoms with E-state index in [2.05, 4.69) is 20.3 Å². The summed E-state index contributed by atoms with van der Waals surface area (Å²) >= 11 is 0. The lowest BCUT2D eigenvalue weighted by molar-refractivity contribution is -0.0846. The Labute approximate surface area is 100.0 Å². The minimum absolute atomic E-state index is 0. The summed E-state index contributed by atoms with van der Waals surface area (Å²) < 4.78 is 0. The molecule has 92 valence electrons. The molecule has 0 atom stereocenters. The van der Waals surface area contributed by atoms with Crippen LogP contribution in [0.15, 0.2) is 0 Å². The average Bonchev–Trinajstić information content (AvgIpc) is 2.05. The molecule has 0 radical (unpaired) electrons. The molecule has 0 aromatic carbocycles. The Morgan fingerprint density at radius 2 is 1.27 bits per heavy atom. The summed E-state index contributed by atoms with van der Waals surface area (Å²) in [6.07, 6.45) is -1.43. The third-order valence-corrected chi connectivity index (χ3v) is 0.911. The van der Waals surface area contributed by atoms with Gasteiger partial charge in [-0.1, -0.05) is 0 Å². The molecule has 0 aliphatic heterocycles. The van der Waals surface area contributed by atoms with Gasteiger partial charge in [-0.15, -0.1) is 24.8 Å². The molecule has 0 heterocycles. The van der Waals surface area contributed by atoms with E-state index in [0.29, 0.717) is 13.1 Å². The van der Waals surface area contributed by atoms with Crippen molar-refractivity contribution in [1.29, 1.82) is 0 Å². The molecule has 0 saturated heterocycles. The second-order valence-electron chi connectivity index (χ2n) is 1.92. The number of amides is 2. The second-order valence-corrected chi connectivity index (χ2v) is 1.92. The first-order chi connectivity index (χ1) is 6.20. The van der Waals surface area contributed by atoms with Crippen molar-refractivity contribution in [2.24, 2.45) is 0 Å². The molecular formula is C6H15Cl2N3O4. The second kappa shape index (κ2) is 13.1. The van der Waals surface area contributed by atoms with E-state index in [9.17, 15) is 9.59 Å². The summed E-state index contributed by atoms with van der Waals surface area (Å²) in [5.41, 5.74) is 1.73. The maximum atomic E-state index is 10.6. The van der Waals surface area contributed by atoms with E-state index in [1.54, 1.807) is 19.5 Å². The van der Waals surface area contributed by atoms with E-state index in [-0.39, 0.29) is 24.8 Å². The van der Waals surface area contributed by atoms with Crippen LogP contribution in [0, 0.1) is 0 Å². The molecular weight excluding hydrogens is 249 g/mol. The fraction of sp³-hybridized carbons (Fsp3) is 0.667. The lowest BCUT2D eigenvalue weighted by atomic mass is 10.8. The molecule has 0 aromatic heterocycles. The zero-order valence-corrected chi connectivity index (χ0v) is 10.00. The van der Waals surface area contributed by atoms with Crippen molar-refractivity contribution < 1.29 is 19.3 Å². The van der Waals surface area contributed by atoms with Crippen LogP contribution in [0.25, 0.3) is 0 Å². The Hall–Kier alpha value is -0.920. The van der Waals surface area contributed by atoms with Crippen LogP contribution in [-0.2, 0) is 9.68 Å². The third-order valence-electron chi connectivity index (χ3n) is 0.911. The highest BCUT2D eigenvalue weighted by molar-refractivity contribution is 5.85. The highest BCUT2D eigenvalue weighted by atomic mass is 35.5. The van der Waals surface area contributed by atoms with Gasteiger partial charge >= 0.3 is 12.2 Å². The zero-order valence-electron chi connectivity index (χ0n) is 8.36. The maximum Gasteiger partial charge on any atom is 0.428 e. The van der Waals surface area contributed by atoms with Gasteiger partial charge in [-0.05, 0) is 13.8 Å². The third kappa shape index (κ3) is 13.1. The first-order valence-electron chi connectivity index (χ1n) is 3.85. The molecule has 3 N–H and O–H groups in total. The zero-order chi connectivity index (χ0) is 10.1. The summed E-state index contributed by atoms with van der Waals surface area (Å²) in [5.74, 6) is 0. The molecule has 0 rings (SSSR count). The van der Waals surface area contributed by atoms with Crippen molar-refractivity contribution in [3.8, 4) is 0 Å². The van der Waals surface area contributed by atoms with Crippen LogP contribution in [0.4, 0.5) is 9.59 Å². The van der Waals surface area contributed by atoms with Crippen LogP contribution in [0.1, 0.15) is 13.8 Å². The van der Waals surface area contributed by atoms with Gasteiger partial charge in [0.2, 0.25) is 0 Å². The van der Waals surface area contributed by atoms with E-state index in [4.69, 9.17) is 0 Å². The number of rotatable bonds is 4. The highest BCUT2D eigenvalue weighted by Crippen LogP contribution is 1.74. The lowest BCUT2D eigenvalue weighted by Gasteiger charge is -2.05. The molecule has 0 aromatic rings. The molecule has 15 heavy (non-hydrogen) atoms. The van der Waals surface area contributed by atoms with E-state index >= 15 is 0 Å². The van der Waals surface area contributed by atoms with Gasteiger partial charge in [0.05, 0.1) is 0 Å². The predicted octanol–water partition coefficient (Wildman–Crippen LogP) is 0.742. The molecule has 0 aliphatic rings. The highest BCUT2D eigenvalue weighted by Gasteiger charge is 2.02.